The minimum Gasteiger partial charge on any atom is -0.396 e. The minimum absolute atomic E-state index is 0.0538. The third kappa shape index (κ3) is 3.83. The molecule has 0 unspecified atom stereocenters. The fourth-order valence-electron chi connectivity index (χ4n) is 1.99. The van der Waals surface area contributed by atoms with Crippen molar-refractivity contribution in [1.29, 1.82) is 0 Å². The Balaban J connectivity index is 2.05. The van der Waals surface area contributed by atoms with Gasteiger partial charge in [-0.1, -0.05) is 30.3 Å². The number of urea groups is 1. The molecule has 2 amide bonds. The summed E-state index contributed by atoms with van der Waals surface area (Å²) in [4.78, 5) is 12.0. The van der Waals surface area contributed by atoms with Gasteiger partial charge in [0.25, 0.3) is 0 Å². The van der Waals surface area contributed by atoms with Crippen LogP contribution in [0.2, 0.25) is 0 Å². The molecule has 0 aliphatic carbocycles. The second-order valence-electron chi connectivity index (χ2n) is 4.58. The highest BCUT2D eigenvalue weighted by Crippen LogP contribution is 2.16. The van der Waals surface area contributed by atoms with Crippen molar-refractivity contribution in [3.05, 3.63) is 59.7 Å². The molecule has 2 aromatic carbocycles. The molecule has 0 aromatic heterocycles. The van der Waals surface area contributed by atoms with Gasteiger partial charge in [0, 0.05) is 18.0 Å². The van der Waals surface area contributed by atoms with Crippen LogP contribution in [0.25, 0.3) is 0 Å². The second-order valence-corrected chi connectivity index (χ2v) is 4.58. The van der Waals surface area contributed by atoms with Gasteiger partial charge >= 0.3 is 6.03 Å². The van der Waals surface area contributed by atoms with E-state index in [4.69, 9.17) is 5.11 Å². The van der Waals surface area contributed by atoms with Crippen LogP contribution >= 0.6 is 0 Å². The lowest BCUT2D eigenvalue weighted by atomic mass is 10.1. The number of benzene rings is 2. The maximum absolute atomic E-state index is 12.0. The summed E-state index contributed by atoms with van der Waals surface area (Å²) in [6, 6.07) is 14.8. The molecule has 20 heavy (non-hydrogen) atoms. The summed E-state index contributed by atoms with van der Waals surface area (Å²) in [5, 5.41) is 14.6. The Hall–Kier alpha value is -2.33. The summed E-state index contributed by atoms with van der Waals surface area (Å²) < 4.78 is 0. The van der Waals surface area contributed by atoms with E-state index in [1.807, 2.05) is 55.5 Å². The maximum Gasteiger partial charge on any atom is 0.323 e. The lowest BCUT2D eigenvalue weighted by Gasteiger charge is -2.11. The molecule has 0 heterocycles. The summed E-state index contributed by atoms with van der Waals surface area (Å²) >= 11 is 0. The highest BCUT2D eigenvalue weighted by atomic mass is 16.3. The minimum atomic E-state index is -0.291. The molecule has 0 saturated heterocycles. The van der Waals surface area contributed by atoms with Crippen LogP contribution in [0.15, 0.2) is 48.5 Å². The summed E-state index contributed by atoms with van der Waals surface area (Å²) in [7, 11) is 0. The molecule has 104 valence electrons. The molecule has 0 radical (unpaired) electrons. The van der Waals surface area contributed by atoms with Gasteiger partial charge in [0.05, 0.1) is 0 Å². The summed E-state index contributed by atoms with van der Waals surface area (Å²) in [5.41, 5.74) is 3.46. The topological polar surface area (TPSA) is 61.4 Å². The van der Waals surface area contributed by atoms with Crippen LogP contribution in [0.4, 0.5) is 16.2 Å². The molecule has 0 bridgehead atoms. The van der Waals surface area contributed by atoms with E-state index in [2.05, 4.69) is 10.6 Å². The maximum atomic E-state index is 12.0. The van der Waals surface area contributed by atoms with Gasteiger partial charge in [-0.2, -0.15) is 0 Å². The smallest absolute Gasteiger partial charge is 0.323 e. The molecule has 2 rings (SSSR count). The number of hydrogen-bond acceptors (Lipinski definition) is 2. The standard InChI is InChI=1S/C16H18N2O2/c1-12-5-4-7-14(11-12)17-16(20)18-15-8-3-2-6-13(15)9-10-19/h2-8,11,19H,9-10H2,1H3,(H2,17,18,20). The molecule has 0 saturated carbocycles. The fourth-order valence-corrected chi connectivity index (χ4v) is 1.99. The van der Waals surface area contributed by atoms with Crippen LogP contribution < -0.4 is 10.6 Å². The van der Waals surface area contributed by atoms with Crippen molar-refractivity contribution in [3.8, 4) is 0 Å². The van der Waals surface area contributed by atoms with E-state index in [9.17, 15) is 4.79 Å². The Labute approximate surface area is 118 Å². The van der Waals surface area contributed by atoms with Crippen LogP contribution in [0.1, 0.15) is 11.1 Å². The zero-order valence-corrected chi connectivity index (χ0v) is 11.4. The van der Waals surface area contributed by atoms with E-state index in [1.165, 1.54) is 0 Å². The number of para-hydroxylation sites is 1. The predicted molar refractivity (Wildman–Crippen MR) is 81.1 cm³/mol. The van der Waals surface area contributed by atoms with E-state index in [0.29, 0.717) is 12.1 Å². The van der Waals surface area contributed by atoms with Gasteiger partial charge in [0.15, 0.2) is 0 Å². The molecule has 0 aliphatic rings. The van der Waals surface area contributed by atoms with E-state index >= 15 is 0 Å². The molecule has 0 fully saturated rings. The first-order chi connectivity index (χ1) is 9.69. The van der Waals surface area contributed by atoms with Crippen LogP contribution in [0.5, 0.6) is 0 Å². The van der Waals surface area contributed by atoms with Crippen molar-refractivity contribution < 1.29 is 9.90 Å². The molecule has 4 nitrogen and oxygen atoms in total. The number of carbonyl (C=O) groups excluding carboxylic acids is 1. The Kier molecular flexibility index (Phi) is 4.74. The fraction of sp³-hybridized carbons (Fsp3) is 0.188. The summed E-state index contributed by atoms with van der Waals surface area (Å²) in [6.45, 7) is 2.03. The number of nitrogens with one attached hydrogen (secondary N) is 2. The zero-order valence-electron chi connectivity index (χ0n) is 11.4. The zero-order chi connectivity index (χ0) is 14.4. The molecular weight excluding hydrogens is 252 g/mol. The normalized spacial score (nSPS) is 10.1. The molecule has 0 aliphatic heterocycles. The number of aryl methyl sites for hydroxylation is 1. The van der Waals surface area contributed by atoms with Gasteiger partial charge in [-0.05, 0) is 42.7 Å². The van der Waals surface area contributed by atoms with Gasteiger partial charge < -0.3 is 15.7 Å². The lowest BCUT2D eigenvalue weighted by molar-refractivity contribution is 0.262. The van der Waals surface area contributed by atoms with E-state index < -0.39 is 0 Å². The van der Waals surface area contributed by atoms with E-state index in [0.717, 1.165) is 16.8 Å². The van der Waals surface area contributed by atoms with Gasteiger partial charge in [-0.25, -0.2) is 4.79 Å². The average Bonchev–Trinajstić information content (AvgIpc) is 2.41. The lowest BCUT2D eigenvalue weighted by Crippen LogP contribution is -2.20. The molecule has 0 spiro atoms. The monoisotopic (exact) mass is 270 g/mol. The largest absolute Gasteiger partial charge is 0.396 e. The first kappa shape index (κ1) is 14.1. The van der Waals surface area contributed by atoms with Crippen molar-refractivity contribution in [1.82, 2.24) is 0 Å². The molecular formula is C16H18N2O2. The Bertz CT molecular complexity index is 597. The number of rotatable bonds is 4. The second kappa shape index (κ2) is 6.73. The molecule has 0 atom stereocenters. The van der Waals surface area contributed by atoms with Gasteiger partial charge in [0.2, 0.25) is 0 Å². The first-order valence-electron chi connectivity index (χ1n) is 6.52. The molecule has 3 N–H and O–H groups in total. The SMILES string of the molecule is Cc1cccc(NC(=O)Nc2ccccc2CCO)c1. The average molecular weight is 270 g/mol. The van der Waals surface area contributed by atoms with E-state index in [-0.39, 0.29) is 12.6 Å². The van der Waals surface area contributed by atoms with Crippen molar-refractivity contribution >= 4 is 17.4 Å². The number of carbonyl (C=O) groups is 1. The van der Waals surface area contributed by atoms with Crippen LogP contribution in [-0.2, 0) is 6.42 Å². The number of anilines is 2. The third-order valence-electron chi connectivity index (χ3n) is 2.92. The van der Waals surface area contributed by atoms with Crippen molar-refractivity contribution in [2.75, 3.05) is 17.2 Å². The Morgan fingerprint density at radius 3 is 2.65 bits per heavy atom. The highest BCUT2D eigenvalue weighted by Gasteiger charge is 2.06. The summed E-state index contributed by atoms with van der Waals surface area (Å²) in [6.07, 6.45) is 0.515. The van der Waals surface area contributed by atoms with Gasteiger partial charge in [-0.3, -0.25) is 0 Å². The van der Waals surface area contributed by atoms with Crippen molar-refractivity contribution in [2.45, 2.75) is 13.3 Å². The third-order valence-corrected chi connectivity index (χ3v) is 2.92. The van der Waals surface area contributed by atoms with Crippen LogP contribution in [-0.4, -0.2) is 17.7 Å². The van der Waals surface area contributed by atoms with Gasteiger partial charge in [0.1, 0.15) is 0 Å². The van der Waals surface area contributed by atoms with Crippen LogP contribution in [0.3, 0.4) is 0 Å². The highest BCUT2D eigenvalue weighted by molar-refractivity contribution is 6.00. The number of aliphatic hydroxyl groups is 1. The Morgan fingerprint density at radius 2 is 1.90 bits per heavy atom. The number of amides is 2. The van der Waals surface area contributed by atoms with Crippen molar-refractivity contribution in [3.63, 3.8) is 0 Å². The Morgan fingerprint density at radius 1 is 1.10 bits per heavy atom. The summed E-state index contributed by atoms with van der Waals surface area (Å²) in [5.74, 6) is 0. The molecule has 2 aromatic rings. The predicted octanol–water partition coefficient (Wildman–Crippen LogP) is 3.17. The van der Waals surface area contributed by atoms with Crippen molar-refractivity contribution in [2.24, 2.45) is 0 Å². The van der Waals surface area contributed by atoms with E-state index in [1.54, 1.807) is 0 Å². The molecule has 4 heteroatoms. The number of aliphatic hydroxyl groups excluding tert-OH is 1. The first-order valence-corrected chi connectivity index (χ1v) is 6.52. The van der Waals surface area contributed by atoms with Crippen LogP contribution in [0, 0.1) is 6.92 Å². The quantitative estimate of drug-likeness (QED) is 0.799. The number of hydrogen-bond donors (Lipinski definition) is 3. The van der Waals surface area contributed by atoms with Gasteiger partial charge in [-0.15, -0.1) is 0 Å².